The molecule has 0 aliphatic rings. The number of nitro groups is 1. The molecule has 1 aromatic carbocycles. The van der Waals surface area contributed by atoms with Crippen LogP contribution in [0.2, 0.25) is 0 Å². The van der Waals surface area contributed by atoms with Crippen molar-refractivity contribution in [2.45, 2.75) is 33.4 Å². The Bertz CT molecular complexity index is 605. The standard InChI is InChI=1S/C15H19N3O2/c1-3-8-17-9-4-5-14(17)11-16-15-10-13(18(19)20)7-6-12(15)2/h4-7,9-10,16H,3,8,11H2,1-2H3. The van der Waals surface area contributed by atoms with Gasteiger partial charge in [-0.05, 0) is 31.0 Å². The monoisotopic (exact) mass is 273 g/mol. The second-order valence-electron chi connectivity index (χ2n) is 4.80. The molecule has 0 spiro atoms. The maximum atomic E-state index is 10.8. The lowest BCUT2D eigenvalue weighted by Gasteiger charge is -2.12. The Balaban J connectivity index is 2.12. The van der Waals surface area contributed by atoms with Crippen molar-refractivity contribution in [2.24, 2.45) is 0 Å². The molecule has 0 aliphatic heterocycles. The number of nitrogens with zero attached hydrogens (tertiary/aromatic N) is 2. The molecule has 2 rings (SSSR count). The van der Waals surface area contributed by atoms with Crippen LogP contribution in [0.5, 0.6) is 0 Å². The third-order valence-corrected chi connectivity index (χ3v) is 3.28. The Hall–Kier alpha value is -2.30. The molecule has 20 heavy (non-hydrogen) atoms. The van der Waals surface area contributed by atoms with E-state index in [2.05, 4.69) is 29.1 Å². The Labute approximate surface area is 118 Å². The van der Waals surface area contributed by atoms with Crippen LogP contribution >= 0.6 is 0 Å². The van der Waals surface area contributed by atoms with Gasteiger partial charge in [0.1, 0.15) is 0 Å². The number of aromatic nitrogens is 1. The van der Waals surface area contributed by atoms with Crippen LogP contribution in [0.15, 0.2) is 36.5 Å². The third-order valence-electron chi connectivity index (χ3n) is 3.28. The van der Waals surface area contributed by atoms with E-state index in [4.69, 9.17) is 0 Å². The average molecular weight is 273 g/mol. The van der Waals surface area contributed by atoms with Gasteiger partial charge in [0.2, 0.25) is 0 Å². The molecule has 0 radical (unpaired) electrons. The number of nitro benzene ring substituents is 1. The molecule has 1 N–H and O–H groups in total. The van der Waals surface area contributed by atoms with E-state index in [9.17, 15) is 10.1 Å². The van der Waals surface area contributed by atoms with E-state index in [1.54, 1.807) is 12.1 Å². The first-order valence-electron chi connectivity index (χ1n) is 6.74. The van der Waals surface area contributed by atoms with Gasteiger partial charge in [0.15, 0.2) is 0 Å². The topological polar surface area (TPSA) is 60.1 Å². The number of aryl methyl sites for hydroxylation is 2. The Morgan fingerprint density at radius 3 is 2.85 bits per heavy atom. The van der Waals surface area contributed by atoms with Crippen LogP contribution in [-0.4, -0.2) is 9.49 Å². The zero-order valence-corrected chi connectivity index (χ0v) is 11.8. The number of nitrogens with one attached hydrogen (secondary N) is 1. The molecule has 0 saturated heterocycles. The summed E-state index contributed by atoms with van der Waals surface area (Å²) >= 11 is 0. The van der Waals surface area contributed by atoms with Crippen molar-refractivity contribution in [3.63, 3.8) is 0 Å². The highest BCUT2D eigenvalue weighted by Crippen LogP contribution is 2.22. The molecule has 0 amide bonds. The molecule has 0 atom stereocenters. The molecule has 5 nitrogen and oxygen atoms in total. The molecule has 0 saturated carbocycles. The second kappa shape index (κ2) is 6.23. The maximum Gasteiger partial charge on any atom is 0.271 e. The number of anilines is 1. The van der Waals surface area contributed by atoms with Crippen LogP contribution < -0.4 is 5.32 Å². The zero-order valence-electron chi connectivity index (χ0n) is 11.8. The molecule has 0 fully saturated rings. The van der Waals surface area contributed by atoms with E-state index in [0.29, 0.717) is 6.54 Å². The van der Waals surface area contributed by atoms with Crippen molar-refractivity contribution >= 4 is 11.4 Å². The number of rotatable bonds is 6. The lowest BCUT2D eigenvalue weighted by molar-refractivity contribution is -0.384. The molecular weight excluding hydrogens is 254 g/mol. The van der Waals surface area contributed by atoms with Gasteiger partial charge < -0.3 is 9.88 Å². The predicted octanol–water partition coefficient (Wildman–Crippen LogP) is 3.73. The average Bonchev–Trinajstić information content (AvgIpc) is 2.85. The van der Waals surface area contributed by atoms with Crippen molar-refractivity contribution in [3.05, 3.63) is 57.9 Å². The summed E-state index contributed by atoms with van der Waals surface area (Å²) in [4.78, 5) is 10.4. The van der Waals surface area contributed by atoms with Crippen molar-refractivity contribution in [3.8, 4) is 0 Å². The van der Waals surface area contributed by atoms with Crippen LogP contribution in [0.3, 0.4) is 0 Å². The first-order valence-corrected chi connectivity index (χ1v) is 6.74. The summed E-state index contributed by atoms with van der Waals surface area (Å²) in [5.41, 5.74) is 3.10. The smallest absolute Gasteiger partial charge is 0.271 e. The van der Waals surface area contributed by atoms with E-state index in [1.165, 1.54) is 11.8 Å². The van der Waals surface area contributed by atoms with Gasteiger partial charge in [0.05, 0.1) is 11.5 Å². The number of hydrogen-bond donors (Lipinski definition) is 1. The molecule has 5 heteroatoms. The summed E-state index contributed by atoms with van der Waals surface area (Å²) in [5, 5.41) is 14.1. The molecule has 0 aliphatic carbocycles. The normalized spacial score (nSPS) is 10.5. The minimum atomic E-state index is -0.371. The van der Waals surface area contributed by atoms with Crippen LogP contribution in [-0.2, 0) is 13.1 Å². The summed E-state index contributed by atoms with van der Waals surface area (Å²) in [5.74, 6) is 0. The molecule has 2 aromatic rings. The fraction of sp³-hybridized carbons (Fsp3) is 0.333. The Morgan fingerprint density at radius 2 is 2.15 bits per heavy atom. The van der Waals surface area contributed by atoms with E-state index in [0.717, 1.165) is 24.2 Å². The second-order valence-corrected chi connectivity index (χ2v) is 4.80. The van der Waals surface area contributed by atoms with Gasteiger partial charge in [0, 0.05) is 36.3 Å². The minimum Gasteiger partial charge on any atom is -0.379 e. The molecule has 0 unspecified atom stereocenters. The van der Waals surface area contributed by atoms with Gasteiger partial charge in [-0.3, -0.25) is 10.1 Å². The minimum absolute atomic E-state index is 0.113. The van der Waals surface area contributed by atoms with Crippen molar-refractivity contribution in [1.82, 2.24) is 4.57 Å². The van der Waals surface area contributed by atoms with Crippen molar-refractivity contribution in [2.75, 3.05) is 5.32 Å². The van der Waals surface area contributed by atoms with Crippen LogP contribution in [0, 0.1) is 17.0 Å². The Kier molecular flexibility index (Phi) is 4.40. The van der Waals surface area contributed by atoms with Crippen LogP contribution in [0.4, 0.5) is 11.4 Å². The number of benzene rings is 1. The first kappa shape index (κ1) is 14.1. The fourth-order valence-corrected chi connectivity index (χ4v) is 2.17. The van der Waals surface area contributed by atoms with Gasteiger partial charge in [-0.25, -0.2) is 0 Å². The maximum absolute atomic E-state index is 10.8. The highest BCUT2D eigenvalue weighted by molar-refractivity contribution is 5.56. The number of hydrogen-bond acceptors (Lipinski definition) is 3. The van der Waals surface area contributed by atoms with Gasteiger partial charge in [-0.1, -0.05) is 13.0 Å². The SMILES string of the molecule is CCCn1cccc1CNc1cc([N+](=O)[O-])ccc1C. The van der Waals surface area contributed by atoms with E-state index in [1.807, 2.05) is 13.0 Å². The summed E-state index contributed by atoms with van der Waals surface area (Å²) in [6, 6.07) is 8.97. The third kappa shape index (κ3) is 3.17. The summed E-state index contributed by atoms with van der Waals surface area (Å²) < 4.78 is 2.19. The quantitative estimate of drug-likeness (QED) is 0.644. The molecule has 1 heterocycles. The molecule has 106 valence electrons. The zero-order chi connectivity index (χ0) is 14.5. The highest BCUT2D eigenvalue weighted by Gasteiger charge is 2.09. The van der Waals surface area contributed by atoms with Crippen molar-refractivity contribution < 1.29 is 4.92 Å². The number of non-ortho nitro benzene ring substituents is 1. The summed E-state index contributed by atoms with van der Waals surface area (Å²) in [7, 11) is 0. The predicted molar refractivity (Wildman–Crippen MR) is 79.9 cm³/mol. The Morgan fingerprint density at radius 1 is 1.35 bits per heavy atom. The van der Waals surface area contributed by atoms with E-state index in [-0.39, 0.29) is 10.6 Å². The van der Waals surface area contributed by atoms with E-state index >= 15 is 0 Å². The first-order chi connectivity index (χ1) is 9.61. The lowest BCUT2D eigenvalue weighted by atomic mass is 10.2. The lowest BCUT2D eigenvalue weighted by Crippen LogP contribution is -2.07. The van der Waals surface area contributed by atoms with Gasteiger partial charge in [0.25, 0.3) is 5.69 Å². The van der Waals surface area contributed by atoms with E-state index < -0.39 is 0 Å². The summed E-state index contributed by atoms with van der Waals surface area (Å²) in [6.45, 7) is 5.73. The molecule has 0 bridgehead atoms. The highest BCUT2D eigenvalue weighted by atomic mass is 16.6. The van der Waals surface area contributed by atoms with Crippen LogP contribution in [0.1, 0.15) is 24.6 Å². The molecular formula is C15H19N3O2. The van der Waals surface area contributed by atoms with Crippen molar-refractivity contribution in [1.29, 1.82) is 0 Å². The largest absolute Gasteiger partial charge is 0.379 e. The summed E-state index contributed by atoms with van der Waals surface area (Å²) in [6.07, 6.45) is 3.14. The van der Waals surface area contributed by atoms with Gasteiger partial charge in [-0.2, -0.15) is 0 Å². The fourth-order valence-electron chi connectivity index (χ4n) is 2.17. The van der Waals surface area contributed by atoms with Crippen LogP contribution in [0.25, 0.3) is 0 Å². The molecule has 1 aromatic heterocycles. The van der Waals surface area contributed by atoms with Gasteiger partial charge >= 0.3 is 0 Å². The van der Waals surface area contributed by atoms with Gasteiger partial charge in [-0.15, -0.1) is 0 Å².